The molecule has 2 aliphatic heterocycles. The van der Waals surface area contributed by atoms with Crippen LogP contribution in [0.25, 0.3) is 0 Å². The second-order valence-electron chi connectivity index (χ2n) is 13.4. The lowest BCUT2D eigenvalue weighted by atomic mass is 9.61. The van der Waals surface area contributed by atoms with E-state index in [0.717, 1.165) is 35.2 Å². The number of carbonyl (C=O) groups excluding carboxylic acids is 1. The second kappa shape index (κ2) is 12.6. The van der Waals surface area contributed by atoms with Crippen LogP contribution in [0, 0.1) is 23.1 Å². The lowest BCUT2D eigenvalue weighted by Crippen LogP contribution is -2.56. The molecule has 43 heavy (non-hydrogen) atoms. The molecule has 0 N–H and O–H groups in total. The van der Waals surface area contributed by atoms with Gasteiger partial charge in [-0.1, -0.05) is 93.6 Å². The molecular weight excluding hydrogens is 559 g/mol. The highest BCUT2D eigenvalue weighted by Gasteiger charge is 2.64. The predicted octanol–water partition coefficient (Wildman–Crippen LogP) is 5.53. The summed E-state index contributed by atoms with van der Waals surface area (Å²) >= 11 is 0. The lowest BCUT2D eigenvalue weighted by Gasteiger charge is -2.48. The third-order valence-corrected chi connectivity index (χ3v) is 12.2. The number of rotatable bonds is 8. The van der Waals surface area contributed by atoms with E-state index in [1.165, 1.54) is 12.1 Å². The van der Waals surface area contributed by atoms with Gasteiger partial charge in [0.15, 0.2) is 6.29 Å². The predicted molar refractivity (Wildman–Crippen MR) is 167 cm³/mol. The molecule has 3 aromatic rings. The quantitative estimate of drug-likeness (QED) is 0.251. The minimum absolute atomic E-state index is 0.0602. The fourth-order valence-corrected chi connectivity index (χ4v) is 10.2. The molecular formula is C36H43FO5Si. The zero-order valence-corrected chi connectivity index (χ0v) is 26.6. The van der Waals surface area contributed by atoms with Gasteiger partial charge in [0, 0.05) is 18.4 Å². The summed E-state index contributed by atoms with van der Waals surface area (Å²) in [6.45, 7) is 7.65. The normalized spacial score (nSPS) is 29.3. The van der Waals surface area contributed by atoms with Crippen molar-refractivity contribution in [3.05, 3.63) is 96.3 Å². The molecule has 0 bridgehead atoms. The van der Waals surface area contributed by atoms with Gasteiger partial charge in [-0.2, -0.15) is 0 Å². The molecule has 3 aliphatic rings. The van der Waals surface area contributed by atoms with E-state index in [4.69, 9.17) is 18.6 Å². The van der Waals surface area contributed by atoms with Crippen molar-refractivity contribution in [1.82, 2.24) is 0 Å². The van der Waals surface area contributed by atoms with E-state index in [1.807, 2.05) is 48.5 Å². The number of cyclic esters (lactones) is 1. The van der Waals surface area contributed by atoms with Gasteiger partial charge in [0.2, 0.25) is 9.04 Å². The van der Waals surface area contributed by atoms with Gasteiger partial charge in [-0.15, -0.1) is 0 Å². The second-order valence-corrected chi connectivity index (χ2v) is 15.9. The van der Waals surface area contributed by atoms with E-state index < -0.39 is 20.6 Å². The molecule has 7 heteroatoms. The van der Waals surface area contributed by atoms with Crippen LogP contribution >= 0.6 is 0 Å². The smallest absolute Gasteiger partial charge is 0.306 e. The first kappa shape index (κ1) is 30.2. The zero-order valence-electron chi connectivity index (χ0n) is 25.4. The van der Waals surface area contributed by atoms with Gasteiger partial charge in [0.05, 0.1) is 12.7 Å². The van der Waals surface area contributed by atoms with Crippen molar-refractivity contribution >= 4 is 25.4 Å². The van der Waals surface area contributed by atoms with E-state index >= 15 is 0 Å². The molecule has 3 fully saturated rings. The van der Waals surface area contributed by atoms with Gasteiger partial charge >= 0.3 is 5.97 Å². The van der Waals surface area contributed by atoms with Crippen LogP contribution in [0.2, 0.25) is 0 Å². The maximum atomic E-state index is 14.3. The van der Waals surface area contributed by atoms with Crippen LogP contribution in [0.3, 0.4) is 0 Å². The van der Waals surface area contributed by atoms with Crippen molar-refractivity contribution in [1.29, 1.82) is 0 Å². The van der Waals surface area contributed by atoms with Gasteiger partial charge in [-0.25, -0.2) is 4.39 Å². The third kappa shape index (κ3) is 6.23. The number of ether oxygens (including phenoxy) is 3. The Morgan fingerprint density at radius 3 is 2.16 bits per heavy atom. The Bertz CT molecular complexity index is 1320. The number of halogens is 1. The SMILES string of the molecule is CC(C)(C)[C@@H]1[C@@H](OC2CCCCO2)C[C@@]2(c3ccc(F)cc3)C(CO[SiH](c3ccccc3)c3ccccc3)OC(=O)C[C@@H]12. The molecule has 0 radical (unpaired) electrons. The van der Waals surface area contributed by atoms with Crippen LogP contribution in [0.4, 0.5) is 4.39 Å². The first-order chi connectivity index (χ1) is 20.8. The van der Waals surface area contributed by atoms with Crippen molar-refractivity contribution < 1.29 is 27.8 Å². The first-order valence-electron chi connectivity index (χ1n) is 15.7. The summed E-state index contributed by atoms with van der Waals surface area (Å²) in [7, 11) is -2.11. The minimum Gasteiger partial charge on any atom is -0.459 e. The van der Waals surface area contributed by atoms with Crippen LogP contribution in [-0.2, 0) is 28.8 Å². The van der Waals surface area contributed by atoms with Gasteiger partial charge in [0.25, 0.3) is 0 Å². The van der Waals surface area contributed by atoms with Crippen molar-refractivity contribution in [3.63, 3.8) is 0 Å². The van der Waals surface area contributed by atoms with Crippen molar-refractivity contribution in [2.45, 2.75) is 76.8 Å². The molecule has 0 amide bonds. The fraction of sp³-hybridized carbons (Fsp3) is 0.472. The summed E-state index contributed by atoms with van der Waals surface area (Å²) in [6, 6.07) is 27.4. The fourth-order valence-electron chi connectivity index (χ4n) is 7.95. The molecule has 2 unspecified atom stereocenters. The topological polar surface area (TPSA) is 54.0 Å². The summed E-state index contributed by atoms with van der Waals surface area (Å²) in [5.74, 6) is -0.491. The number of hydrogen-bond donors (Lipinski definition) is 0. The van der Waals surface area contributed by atoms with E-state index in [2.05, 4.69) is 45.0 Å². The molecule has 6 rings (SSSR count). The van der Waals surface area contributed by atoms with Crippen LogP contribution in [0.1, 0.15) is 58.4 Å². The molecule has 228 valence electrons. The molecule has 2 heterocycles. The van der Waals surface area contributed by atoms with Crippen LogP contribution < -0.4 is 10.4 Å². The Morgan fingerprint density at radius 2 is 1.58 bits per heavy atom. The Hall–Kier alpha value is -2.84. The highest BCUT2D eigenvalue weighted by Crippen LogP contribution is 2.60. The maximum Gasteiger partial charge on any atom is 0.306 e. The first-order valence-corrected chi connectivity index (χ1v) is 17.3. The minimum atomic E-state index is -2.11. The highest BCUT2D eigenvalue weighted by atomic mass is 28.3. The lowest BCUT2D eigenvalue weighted by molar-refractivity contribution is -0.202. The van der Waals surface area contributed by atoms with Crippen LogP contribution in [0.15, 0.2) is 84.9 Å². The molecule has 3 aromatic carbocycles. The van der Waals surface area contributed by atoms with E-state index in [-0.39, 0.29) is 48.0 Å². The van der Waals surface area contributed by atoms with Crippen LogP contribution in [-0.4, -0.2) is 46.7 Å². The summed E-state index contributed by atoms with van der Waals surface area (Å²) in [5.41, 5.74) is 0.230. The number of hydrogen-bond acceptors (Lipinski definition) is 5. The van der Waals surface area contributed by atoms with E-state index in [0.29, 0.717) is 19.4 Å². The highest BCUT2D eigenvalue weighted by molar-refractivity contribution is 6.80. The summed E-state index contributed by atoms with van der Waals surface area (Å²) in [4.78, 5) is 13.4. The van der Waals surface area contributed by atoms with E-state index in [1.54, 1.807) is 0 Å². The molecule has 0 spiro atoms. The Labute approximate surface area is 256 Å². The molecule has 1 aliphatic carbocycles. The van der Waals surface area contributed by atoms with Gasteiger partial charge in [0.1, 0.15) is 11.9 Å². The summed E-state index contributed by atoms with van der Waals surface area (Å²) in [6.07, 6.45) is 2.98. The summed E-state index contributed by atoms with van der Waals surface area (Å²) < 4.78 is 40.3. The van der Waals surface area contributed by atoms with Crippen molar-refractivity contribution in [2.75, 3.05) is 13.2 Å². The number of carbonyl (C=O) groups is 1. The van der Waals surface area contributed by atoms with Gasteiger partial charge in [-0.3, -0.25) is 4.79 Å². The van der Waals surface area contributed by atoms with Crippen molar-refractivity contribution in [3.8, 4) is 0 Å². The van der Waals surface area contributed by atoms with Crippen molar-refractivity contribution in [2.24, 2.45) is 17.3 Å². The number of esters is 1. The van der Waals surface area contributed by atoms with Gasteiger partial charge in [-0.05, 0) is 71.0 Å². The summed E-state index contributed by atoms with van der Waals surface area (Å²) in [5, 5.41) is 2.33. The maximum absolute atomic E-state index is 14.3. The average molecular weight is 603 g/mol. The Kier molecular flexibility index (Phi) is 8.88. The Morgan fingerprint density at radius 1 is 0.930 bits per heavy atom. The van der Waals surface area contributed by atoms with Gasteiger partial charge < -0.3 is 18.6 Å². The van der Waals surface area contributed by atoms with Crippen LogP contribution in [0.5, 0.6) is 0 Å². The number of benzene rings is 3. The monoisotopic (exact) mass is 602 g/mol. The van der Waals surface area contributed by atoms with E-state index in [9.17, 15) is 9.18 Å². The number of fused-ring (bicyclic) bond motifs is 1. The standard InChI is InChI=1S/C36H43FO5Si/c1-35(2,3)34-29-22-32(38)42-31(24-40-43(27-12-6-4-7-13-27)28-14-8-5-9-15-28)36(29,25-17-19-26(37)20-18-25)23-30(34)41-33-16-10-11-21-39-33/h4-9,12-15,17-20,29-31,33-34,43H,10-11,16,21-24H2,1-3H3/t29-,30-,31?,33?,34-,36-/m0/s1. The molecule has 6 atom stereocenters. The molecule has 2 saturated heterocycles. The zero-order chi connectivity index (χ0) is 30.0. The largest absolute Gasteiger partial charge is 0.459 e. The molecule has 1 saturated carbocycles. The third-order valence-electron chi connectivity index (χ3n) is 9.73. The average Bonchev–Trinajstić information content (AvgIpc) is 3.34. The Balaban J connectivity index is 1.40. The molecule has 0 aromatic heterocycles. The molecule has 5 nitrogen and oxygen atoms in total.